The molecule has 0 aliphatic carbocycles. The number of nitrogens with one attached hydrogen (secondary N) is 2. The van der Waals surface area contributed by atoms with E-state index in [4.69, 9.17) is 4.74 Å². The van der Waals surface area contributed by atoms with Crippen molar-refractivity contribution in [3.8, 4) is 11.3 Å². The van der Waals surface area contributed by atoms with Gasteiger partial charge in [-0.3, -0.25) is 9.69 Å². The van der Waals surface area contributed by atoms with Crippen molar-refractivity contribution in [1.29, 1.82) is 0 Å². The van der Waals surface area contributed by atoms with E-state index >= 15 is 0 Å². The van der Waals surface area contributed by atoms with Crippen LogP contribution in [0.1, 0.15) is 22.8 Å². The van der Waals surface area contributed by atoms with Crippen molar-refractivity contribution in [3.05, 3.63) is 96.2 Å². The summed E-state index contributed by atoms with van der Waals surface area (Å²) in [6.07, 6.45) is 1.73. The number of anilines is 4. The van der Waals surface area contributed by atoms with Crippen LogP contribution in [0.25, 0.3) is 11.3 Å². The SMILES string of the molecule is COC(=O)c1ccc(CN2CCN(c3ccc(Nc4nccc(-c5ccc(NC(C)=O)cc5)n4)cc3)CC2)cc1. The number of ether oxygens (including phenoxy) is 1. The fourth-order valence-electron chi connectivity index (χ4n) is 4.68. The summed E-state index contributed by atoms with van der Waals surface area (Å²) < 4.78 is 4.78. The first-order valence-corrected chi connectivity index (χ1v) is 13.2. The van der Waals surface area contributed by atoms with E-state index in [1.807, 2.05) is 66.7 Å². The quantitative estimate of drug-likeness (QED) is 0.305. The normalized spacial score (nSPS) is 13.5. The van der Waals surface area contributed by atoms with Gasteiger partial charge in [0, 0.05) is 68.5 Å². The van der Waals surface area contributed by atoms with Crippen LogP contribution < -0.4 is 15.5 Å². The van der Waals surface area contributed by atoms with E-state index < -0.39 is 0 Å². The zero-order valence-electron chi connectivity index (χ0n) is 22.6. The van der Waals surface area contributed by atoms with E-state index in [9.17, 15) is 9.59 Å². The van der Waals surface area contributed by atoms with Gasteiger partial charge in [-0.1, -0.05) is 24.3 Å². The summed E-state index contributed by atoms with van der Waals surface area (Å²) >= 11 is 0. The minimum Gasteiger partial charge on any atom is -0.465 e. The monoisotopic (exact) mass is 536 g/mol. The van der Waals surface area contributed by atoms with Crippen LogP contribution in [0.2, 0.25) is 0 Å². The number of carbonyl (C=O) groups excluding carboxylic acids is 2. The van der Waals surface area contributed by atoms with Crippen LogP contribution >= 0.6 is 0 Å². The zero-order chi connectivity index (χ0) is 27.9. The van der Waals surface area contributed by atoms with Gasteiger partial charge in [0.25, 0.3) is 0 Å². The highest BCUT2D eigenvalue weighted by Gasteiger charge is 2.18. The molecule has 9 heteroatoms. The number of esters is 1. The number of amides is 1. The van der Waals surface area contributed by atoms with Gasteiger partial charge in [0.15, 0.2) is 0 Å². The van der Waals surface area contributed by atoms with Gasteiger partial charge in [0.2, 0.25) is 11.9 Å². The standard InChI is InChI=1S/C31H32N6O3/c1-22(38)33-26-9-7-24(8-10-26)29-15-16-32-31(35-29)34-27-11-13-28(14-12-27)37-19-17-36(18-20-37)21-23-3-5-25(6-4-23)30(39)40-2/h3-16H,17-21H2,1-2H3,(H,33,38)(H,32,34,35). The van der Waals surface area contributed by atoms with E-state index in [2.05, 4.69) is 42.5 Å². The first kappa shape index (κ1) is 26.8. The molecule has 0 radical (unpaired) electrons. The number of hydrogen-bond acceptors (Lipinski definition) is 8. The Morgan fingerprint density at radius 2 is 1.52 bits per heavy atom. The molecule has 40 heavy (non-hydrogen) atoms. The lowest BCUT2D eigenvalue weighted by molar-refractivity contribution is -0.114. The molecule has 0 saturated carbocycles. The summed E-state index contributed by atoms with van der Waals surface area (Å²) in [5.74, 6) is 0.105. The van der Waals surface area contributed by atoms with Crippen LogP contribution in [-0.4, -0.2) is 60.0 Å². The Morgan fingerprint density at radius 3 is 2.17 bits per heavy atom. The average molecular weight is 537 g/mol. The number of benzene rings is 3. The molecule has 4 aromatic rings. The number of carbonyl (C=O) groups is 2. The second-order valence-corrected chi connectivity index (χ2v) is 9.65. The third-order valence-electron chi connectivity index (χ3n) is 6.80. The molecule has 1 aliphatic rings. The first-order chi connectivity index (χ1) is 19.5. The fraction of sp³-hybridized carbons (Fsp3) is 0.226. The molecule has 1 fully saturated rings. The van der Waals surface area contributed by atoms with Crippen molar-refractivity contribution in [2.75, 3.05) is 48.8 Å². The number of methoxy groups -OCH3 is 1. The van der Waals surface area contributed by atoms with Crippen LogP contribution in [0.15, 0.2) is 85.1 Å². The van der Waals surface area contributed by atoms with Gasteiger partial charge in [0.1, 0.15) is 0 Å². The lowest BCUT2D eigenvalue weighted by atomic mass is 10.1. The maximum atomic E-state index is 11.6. The largest absolute Gasteiger partial charge is 0.465 e. The molecule has 5 rings (SSSR count). The molecule has 1 aromatic heterocycles. The number of rotatable bonds is 8. The predicted molar refractivity (Wildman–Crippen MR) is 157 cm³/mol. The molecule has 204 valence electrons. The van der Waals surface area contributed by atoms with Crippen LogP contribution in [-0.2, 0) is 16.1 Å². The van der Waals surface area contributed by atoms with E-state index in [1.165, 1.54) is 25.3 Å². The number of nitrogens with zero attached hydrogens (tertiary/aromatic N) is 4. The molecule has 0 spiro atoms. The summed E-state index contributed by atoms with van der Waals surface area (Å²) in [5.41, 5.74) is 6.33. The molecule has 0 atom stereocenters. The highest BCUT2D eigenvalue weighted by atomic mass is 16.5. The molecular formula is C31H32N6O3. The van der Waals surface area contributed by atoms with E-state index in [0.717, 1.165) is 55.4 Å². The average Bonchev–Trinajstić information content (AvgIpc) is 2.98. The molecule has 1 amide bonds. The molecule has 1 saturated heterocycles. The molecule has 9 nitrogen and oxygen atoms in total. The third kappa shape index (κ3) is 6.81. The van der Waals surface area contributed by atoms with Crippen LogP contribution in [0.4, 0.5) is 23.0 Å². The van der Waals surface area contributed by atoms with Gasteiger partial charge in [0.05, 0.1) is 18.4 Å². The lowest BCUT2D eigenvalue weighted by Crippen LogP contribution is -2.45. The summed E-state index contributed by atoms with van der Waals surface area (Å²) in [4.78, 5) is 36.7. The number of piperazine rings is 1. The fourth-order valence-corrected chi connectivity index (χ4v) is 4.68. The van der Waals surface area contributed by atoms with Gasteiger partial charge < -0.3 is 20.3 Å². The van der Waals surface area contributed by atoms with Crippen molar-refractivity contribution in [2.45, 2.75) is 13.5 Å². The summed E-state index contributed by atoms with van der Waals surface area (Å²) in [5, 5.41) is 6.07. The molecule has 1 aliphatic heterocycles. The Kier molecular flexibility index (Phi) is 8.32. The summed E-state index contributed by atoms with van der Waals surface area (Å²) in [6.45, 7) is 6.16. The highest BCUT2D eigenvalue weighted by Crippen LogP contribution is 2.24. The molecule has 0 bridgehead atoms. The predicted octanol–water partition coefficient (Wildman–Crippen LogP) is 4.95. The second-order valence-electron chi connectivity index (χ2n) is 9.65. The van der Waals surface area contributed by atoms with Crippen molar-refractivity contribution in [2.24, 2.45) is 0 Å². The van der Waals surface area contributed by atoms with Crippen LogP contribution in [0, 0.1) is 0 Å². The number of hydrogen-bond donors (Lipinski definition) is 2. The summed E-state index contributed by atoms with van der Waals surface area (Å²) in [6, 6.07) is 25.4. The van der Waals surface area contributed by atoms with Gasteiger partial charge >= 0.3 is 5.97 Å². The van der Waals surface area contributed by atoms with Gasteiger partial charge in [-0.05, 0) is 60.2 Å². The zero-order valence-corrected chi connectivity index (χ0v) is 22.6. The van der Waals surface area contributed by atoms with Crippen molar-refractivity contribution >= 4 is 34.9 Å². The van der Waals surface area contributed by atoms with Crippen molar-refractivity contribution < 1.29 is 14.3 Å². The first-order valence-electron chi connectivity index (χ1n) is 13.2. The third-order valence-corrected chi connectivity index (χ3v) is 6.80. The Bertz CT molecular complexity index is 1450. The second kappa shape index (κ2) is 12.4. The minimum atomic E-state index is -0.311. The molecule has 3 aromatic carbocycles. The molecule has 2 N–H and O–H groups in total. The van der Waals surface area contributed by atoms with Gasteiger partial charge in [-0.25, -0.2) is 14.8 Å². The lowest BCUT2D eigenvalue weighted by Gasteiger charge is -2.36. The minimum absolute atomic E-state index is 0.102. The van der Waals surface area contributed by atoms with E-state index in [0.29, 0.717) is 11.5 Å². The topological polar surface area (TPSA) is 99.7 Å². The van der Waals surface area contributed by atoms with Crippen LogP contribution in [0.5, 0.6) is 0 Å². The maximum Gasteiger partial charge on any atom is 0.337 e. The Morgan fingerprint density at radius 1 is 0.850 bits per heavy atom. The van der Waals surface area contributed by atoms with Gasteiger partial charge in [-0.2, -0.15) is 0 Å². The highest BCUT2D eigenvalue weighted by molar-refractivity contribution is 5.89. The van der Waals surface area contributed by atoms with Crippen LogP contribution in [0.3, 0.4) is 0 Å². The number of aromatic nitrogens is 2. The smallest absolute Gasteiger partial charge is 0.337 e. The maximum absolute atomic E-state index is 11.6. The van der Waals surface area contributed by atoms with Crippen molar-refractivity contribution in [1.82, 2.24) is 14.9 Å². The van der Waals surface area contributed by atoms with E-state index in [1.54, 1.807) is 6.20 Å². The van der Waals surface area contributed by atoms with Gasteiger partial charge in [-0.15, -0.1) is 0 Å². The molecule has 2 heterocycles. The summed E-state index contributed by atoms with van der Waals surface area (Å²) in [7, 11) is 1.40. The van der Waals surface area contributed by atoms with E-state index in [-0.39, 0.29) is 11.9 Å². The van der Waals surface area contributed by atoms with Crippen molar-refractivity contribution in [3.63, 3.8) is 0 Å². The Hall–Kier alpha value is -4.76. The Labute approximate surface area is 233 Å². The molecular weight excluding hydrogens is 504 g/mol. The Balaban J connectivity index is 1.14. The molecule has 0 unspecified atom stereocenters.